The summed E-state index contributed by atoms with van der Waals surface area (Å²) in [5, 5.41) is 9.21. The van der Waals surface area contributed by atoms with Gasteiger partial charge in [-0.05, 0) is 30.6 Å². The van der Waals surface area contributed by atoms with Crippen molar-refractivity contribution in [2.45, 2.75) is 25.9 Å². The molecule has 1 N–H and O–H groups in total. The Morgan fingerprint density at radius 2 is 2.12 bits per heavy atom. The first-order valence-electron chi connectivity index (χ1n) is 3.49. The Bertz CT molecular complexity index is 109. The van der Waals surface area contributed by atoms with Crippen molar-refractivity contribution < 1.29 is 5.11 Å². The maximum absolute atomic E-state index is 9.21. The third-order valence-corrected chi connectivity index (χ3v) is 2.88. The van der Waals surface area contributed by atoms with Gasteiger partial charge in [-0.3, -0.25) is 0 Å². The zero-order chi connectivity index (χ0) is 5.72. The minimum absolute atomic E-state index is 0.0648. The van der Waals surface area contributed by atoms with Crippen molar-refractivity contribution in [3.05, 3.63) is 0 Å². The van der Waals surface area contributed by atoms with Gasteiger partial charge in [0.1, 0.15) is 0 Å². The molecule has 1 nitrogen and oxygen atoms in total. The van der Waals surface area contributed by atoms with Gasteiger partial charge < -0.3 is 5.11 Å². The minimum Gasteiger partial charge on any atom is -0.393 e. The van der Waals surface area contributed by atoms with Crippen molar-refractivity contribution in [1.82, 2.24) is 0 Å². The third-order valence-electron chi connectivity index (χ3n) is 2.88. The van der Waals surface area contributed by atoms with Crippen LogP contribution in [0.15, 0.2) is 0 Å². The molecule has 46 valence electrons. The van der Waals surface area contributed by atoms with E-state index >= 15 is 0 Å². The van der Waals surface area contributed by atoms with Crippen molar-refractivity contribution in [3.8, 4) is 0 Å². The number of hydrogen-bond acceptors (Lipinski definition) is 1. The highest BCUT2D eigenvalue weighted by molar-refractivity contribution is 5.03. The van der Waals surface area contributed by atoms with Gasteiger partial charge in [0.15, 0.2) is 0 Å². The van der Waals surface area contributed by atoms with Crippen molar-refractivity contribution in [2.75, 3.05) is 0 Å². The van der Waals surface area contributed by atoms with Crippen molar-refractivity contribution in [2.24, 2.45) is 17.8 Å². The van der Waals surface area contributed by atoms with Crippen LogP contribution in [-0.2, 0) is 0 Å². The van der Waals surface area contributed by atoms with Gasteiger partial charge in [0, 0.05) is 0 Å². The molecule has 0 aliphatic heterocycles. The van der Waals surface area contributed by atoms with Gasteiger partial charge >= 0.3 is 0 Å². The van der Waals surface area contributed by atoms with Crippen LogP contribution < -0.4 is 0 Å². The van der Waals surface area contributed by atoms with Crippen LogP contribution in [0.2, 0.25) is 0 Å². The van der Waals surface area contributed by atoms with Crippen LogP contribution in [0.25, 0.3) is 0 Å². The van der Waals surface area contributed by atoms with Gasteiger partial charge in [-0.2, -0.15) is 0 Å². The Balaban J connectivity index is 2.07. The highest BCUT2D eigenvalue weighted by Gasteiger charge is 2.54. The van der Waals surface area contributed by atoms with Gasteiger partial charge in [0.2, 0.25) is 0 Å². The Kier molecular flexibility index (Phi) is 0.762. The van der Waals surface area contributed by atoms with E-state index < -0.39 is 0 Å². The van der Waals surface area contributed by atoms with E-state index in [9.17, 15) is 5.11 Å². The third kappa shape index (κ3) is 0.408. The van der Waals surface area contributed by atoms with Gasteiger partial charge in [-0.1, -0.05) is 6.92 Å². The molecule has 2 aliphatic carbocycles. The van der Waals surface area contributed by atoms with E-state index in [-0.39, 0.29) is 6.10 Å². The average molecular weight is 112 g/mol. The maximum atomic E-state index is 9.21. The molecule has 4 atom stereocenters. The molecule has 0 spiro atoms. The average Bonchev–Trinajstić information content (AvgIpc) is 2.13. The van der Waals surface area contributed by atoms with Gasteiger partial charge in [0.05, 0.1) is 6.10 Å². The molecule has 2 rings (SSSR count). The van der Waals surface area contributed by atoms with E-state index in [0.29, 0.717) is 5.92 Å². The molecule has 8 heavy (non-hydrogen) atoms. The van der Waals surface area contributed by atoms with E-state index in [4.69, 9.17) is 0 Å². The highest BCUT2D eigenvalue weighted by Crippen LogP contribution is 2.56. The molecule has 0 aromatic rings. The van der Waals surface area contributed by atoms with Crippen LogP contribution in [0, 0.1) is 17.8 Å². The molecule has 1 heteroatoms. The Labute approximate surface area is 49.7 Å². The van der Waals surface area contributed by atoms with Crippen LogP contribution in [0.5, 0.6) is 0 Å². The molecule has 2 saturated carbocycles. The lowest BCUT2D eigenvalue weighted by molar-refractivity contribution is 0.152. The summed E-state index contributed by atoms with van der Waals surface area (Å²) in [5.41, 5.74) is 0. The quantitative estimate of drug-likeness (QED) is 0.496. The molecular formula is C7H12O. The Morgan fingerprint density at radius 3 is 2.38 bits per heavy atom. The second kappa shape index (κ2) is 1.27. The smallest absolute Gasteiger partial charge is 0.0573 e. The molecule has 0 radical (unpaired) electrons. The zero-order valence-corrected chi connectivity index (χ0v) is 5.17. The Morgan fingerprint density at radius 1 is 1.38 bits per heavy atom. The van der Waals surface area contributed by atoms with E-state index in [1.54, 1.807) is 0 Å². The molecule has 2 aliphatic rings. The lowest BCUT2D eigenvalue weighted by Crippen LogP contribution is -2.05. The summed E-state index contributed by atoms with van der Waals surface area (Å²) in [5.74, 6) is 2.46. The molecule has 2 fully saturated rings. The van der Waals surface area contributed by atoms with Crippen molar-refractivity contribution in [1.29, 1.82) is 0 Å². The summed E-state index contributed by atoms with van der Waals surface area (Å²) >= 11 is 0. The predicted octanol–water partition coefficient (Wildman–Crippen LogP) is 1.02. The van der Waals surface area contributed by atoms with Gasteiger partial charge in [-0.15, -0.1) is 0 Å². The molecule has 0 amide bonds. The number of aliphatic hydroxyl groups is 1. The maximum Gasteiger partial charge on any atom is 0.0573 e. The fourth-order valence-electron chi connectivity index (χ4n) is 2.23. The summed E-state index contributed by atoms with van der Waals surface area (Å²) in [6.07, 6.45) is 2.42. The normalized spacial score (nSPS) is 60.8. The summed E-state index contributed by atoms with van der Waals surface area (Å²) in [6.45, 7) is 2.25. The summed E-state index contributed by atoms with van der Waals surface area (Å²) in [4.78, 5) is 0. The number of fused-ring (bicyclic) bond motifs is 1. The lowest BCUT2D eigenvalue weighted by Gasteiger charge is -2.01. The summed E-state index contributed by atoms with van der Waals surface area (Å²) < 4.78 is 0. The van der Waals surface area contributed by atoms with E-state index in [1.807, 2.05) is 0 Å². The van der Waals surface area contributed by atoms with E-state index in [0.717, 1.165) is 18.3 Å². The number of aliphatic hydroxyl groups excluding tert-OH is 1. The van der Waals surface area contributed by atoms with E-state index in [1.165, 1.54) is 6.42 Å². The van der Waals surface area contributed by atoms with Crippen molar-refractivity contribution >= 4 is 0 Å². The fraction of sp³-hybridized carbons (Fsp3) is 1.00. The second-order valence-corrected chi connectivity index (χ2v) is 3.25. The minimum atomic E-state index is 0.0648. The molecule has 0 aromatic heterocycles. The number of hydrogen-bond donors (Lipinski definition) is 1. The Hall–Kier alpha value is -0.0400. The predicted molar refractivity (Wildman–Crippen MR) is 31.4 cm³/mol. The monoisotopic (exact) mass is 112 g/mol. The van der Waals surface area contributed by atoms with Crippen LogP contribution in [0.4, 0.5) is 0 Å². The van der Waals surface area contributed by atoms with Crippen molar-refractivity contribution in [3.63, 3.8) is 0 Å². The number of rotatable bonds is 0. The highest BCUT2D eigenvalue weighted by atomic mass is 16.3. The first-order valence-corrected chi connectivity index (χ1v) is 3.49. The van der Waals surface area contributed by atoms with E-state index in [2.05, 4.69) is 6.92 Å². The molecule has 2 unspecified atom stereocenters. The lowest BCUT2D eigenvalue weighted by atomic mass is 10.1. The first kappa shape index (κ1) is 4.80. The SMILES string of the molecule is C[C@H]1C2C(O)CC[C@@H]21. The summed E-state index contributed by atoms with van der Waals surface area (Å²) in [6, 6.07) is 0. The van der Waals surface area contributed by atoms with Crippen LogP contribution in [-0.4, -0.2) is 11.2 Å². The fourth-order valence-corrected chi connectivity index (χ4v) is 2.23. The molecule has 0 aromatic carbocycles. The molecule has 0 bridgehead atoms. The molecule has 0 heterocycles. The molecular weight excluding hydrogens is 100 g/mol. The van der Waals surface area contributed by atoms with Crippen LogP contribution >= 0.6 is 0 Å². The first-order chi connectivity index (χ1) is 3.80. The van der Waals surface area contributed by atoms with Gasteiger partial charge in [0.25, 0.3) is 0 Å². The topological polar surface area (TPSA) is 20.2 Å². The second-order valence-electron chi connectivity index (χ2n) is 3.25. The largest absolute Gasteiger partial charge is 0.393 e. The van der Waals surface area contributed by atoms with Crippen LogP contribution in [0.3, 0.4) is 0 Å². The standard InChI is InChI=1S/C7H12O/c1-4-5-2-3-6(8)7(4)5/h4-8H,2-3H2,1H3/t4-,5-,6?,7?/m1/s1. The van der Waals surface area contributed by atoms with Crippen LogP contribution in [0.1, 0.15) is 19.8 Å². The zero-order valence-electron chi connectivity index (χ0n) is 5.17. The van der Waals surface area contributed by atoms with Gasteiger partial charge in [-0.25, -0.2) is 0 Å². The summed E-state index contributed by atoms with van der Waals surface area (Å²) in [7, 11) is 0. The molecule has 0 saturated heterocycles.